The first kappa shape index (κ1) is 13.5. The van der Waals surface area contributed by atoms with Crippen molar-refractivity contribution in [2.75, 3.05) is 19.6 Å². The van der Waals surface area contributed by atoms with Gasteiger partial charge in [0.2, 0.25) is 0 Å². The van der Waals surface area contributed by atoms with Crippen LogP contribution in [-0.2, 0) is 0 Å². The second-order valence-corrected chi connectivity index (χ2v) is 6.23. The van der Waals surface area contributed by atoms with Crippen LogP contribution in [-0.4, -0.2) is 24.5 Å². The maximum atomic E-state index is 5.96. The number of hydrogen-bond acceptors (Lipinski definition) is 2. The maximum Gasteiger partial charge on any atom is 0.0470 e. The van der Waals surface area contributed by atoms with Crippen molar-refractivity contribution in [1.82, 2.24) is 4.90 Å². The van der Waals surface area contributed by atoms with Crippen LogP contribution in [0.1, 0.15) is 30.9 Å². The number of benzene rings is 1. The Labute approximate surface area is 120 Å². The van der Waals surface area contributed by atoms with E-state index in [1.807, 2.05) is 0 Å². The summed E-state index contributed by atoms with van der Waals surface area (Å²) in [7, 11) is 0. The molecule has 1 aliphatic heterocycles. The van der Waals surface area contributed by atoms with E-state index in [-0.39, 0.29) is 0 Å². The first-order valence-electron chi connectivity index (χ1n) is 6.11. The molecule has 2 nitrogen and oxygen atoms in total. The highest BCUT2D eigenvalue weighted by molar-refractivity contribution is 9.13. The predicted molar refractivity (Wildman–Crippen MR) is 79.1 cm³/mol. The summed E-state index contributed by atoms with van der Waals surface area (Å²) >= 11 is 7.07. The van der Waals surface area contributed by atoms with Crippen LogP contribution in [0.4, 0.5) is 0 Å². The summed E-state index contributed by atoms with van der Waals surface area (Å²) in [5.41, 5.74) is 7.26. The quantitative estimate of drug-likeness (QED) is 0.889. The molecular weight excluding hydrogens is 344 g/mol. The standard InChI is InChI=1S/C13H18Br2N2/c14-11-5-4-10(8-12(11)15)13(9-16)17-6-2-1-3-7-17/h4-5,8,13H,1-3,6-7,9,16H2. The average Bonchev–Trinajstić information content (AvgIpc) is 2.36. The van der Waals surface area contributed by atoms with Crippen molar-refractivity contribution in [3.8, 4) is 0 Å². The highest BCUT2D eigenvalue weighted by Gasteiger charge is 2.21. The Hall–Kier alpha value is 0.1000. The van der Waals surface area contributed by atoms with Crippen LogP contribution in [0.25, 0.3) is 0 Å². The molecule has 1 heterocycles. The number of nitrogens with zero attached hydrogens (tertiary/aromatic N) is 1. The summed E-state index contributed by atoms with van der Waals surface area (Å²) in [5.74, 6) is 0. The molecule has 0 saturated carbocycles. The van der Waals surface area contributed by atoms with Gasteiger partial charge in [-0.2, -0.15) is 0 Å². The Kier molecular flexibility index (Phi) is 5.03. The van der Waals surface area contributed by atoms with Crippen LogP contribution in [0.15, 0.2) is 27.1 Å². The fourth-order valence-electron chi connectivity index (χ4n) is 2.45. The van der Waals surface area contributed by atoms with Gasteiger partial charge in [-0.3, -0.25) is 4.90 Å². The van der Waals surface area contributed by atoms with Crippen molar-refractivity contribution in [3.63, 3.8) is 0 Å². The minimum absolute atomic E-state index is 0.361. The number of likely N-dealkylation sites (tertiary alicyclic amines) is 1. The molecule has 1 atom stereocenters. The van der Waals surface area contributed by atoms with E-state index in [2.05, 4.69) is 55.0 Å². The third kappa shape index (κ3) is 3.31. The van der Waals surface area contributed by atoms with Crippen molar-refractivity contribution in [3.05, 3.63) is 32.7 Å². The number of piperidine rings is 1. The summed E-state index contributed by atoms with van der Waals surface area (Å²) in [6.45, 7) is 3.04. The summed E-state index contributed by atoms with van der Waals surface area (Å²) < 4.78 is 2.20. The van der Waals surface area contributed by atoms with Gasteiger partial charge in [-0.15, -0.1) is 0 Å². The van der Waals surface area contributed by atoms with Crippen LogP contribution in [0.5, 0.6) is 0 Å². The SMILES string of the molecule is NCC(c1ccc(Br)c(Br)c1)N1CCCCC1. The first-order valence-corrected chi connectivity index (χ1v) is 7.70. The fraction of sp³-hybridized carbons (Fsp3) is 0.538. The van der Waals surface area contributed by atoms with Crippen LogP contribution in [0.3, 0.4) is 0 Å². The molecule has 94 valence electrons. The van der Waals surface area contributed by atoms with Crippen LogP contribution >= 0.6 is 31.9 Å². The van der Waals surface area contributed by atoms with Crippen molar-refractivity contribution in [2.45, 2.75) is 25.3 Å². The first-order chi connectivity index (χ1) is 8.22. The van der Waals surface area contributed by atoms with Gasteiger partial charge in [0, 0.05) is 21.5 Å². The highest BCUT2D eigenvalue weighted by Crippen LogP contribution is 2.29. The van der Waals surface area contributed by atoms with Crippen molar-refractivity contribution in [1.29, 1.82) is 0 Å². The molecule has 1 saturated heterocycles. The molecule has 0 radical (unpaired) electrons. The van der Waals surface area contributed by atoms with Gasteiger partial charge in [0.15, 0.2) is 0 Å². The van der Waals surface area contributed by atoms with Crippen molar-refractivity contribution >= 4 is 31.9 Å². The molecule has 1 aliphatic rings. The van der Waals surface area contributed by atoms with Gasteiger partial charge in [-0.1, -0.05) is 12.5 Å². The van der Waals surface area contributed by atoms with Crippen LogP contribution in [0.2, 0.25) is 0 Å². The zero-order valence-electron chi connectivity index (χ0n) is 9.83. The van der Waals surface area contributed by atoms with Crippen molar-refractivity contribution < 1.29 is 0 Å². The van der Waals surface area contributed by atoms with E-state index < -0.39 is 0 Å². The molecule has 0 aromatic heterocycles. The largest absolute Gasteiger partial charge is 0.329 e. The zero-order valence-corrected chi connectivity index (χ0v) is 13.0. The Morgan fingerprint density at radius 2 is 1.82 bits per heavy atom. The van der Waals surface area contributed by atoms with Gasteiger partial charge in [-0.05, 0) is 75.5 Å². The molecule has 17 heavy (non-hydrogen) atoms. The van der Waals surface area contributed by atoms with E-state index in [0.717, 1.165) is 8.95 Å². The lowest BCUT2D eigenvalue weighted by Gasteiger charge is -2.34. The molecule has 1 aromatic carbocycles. The van der Waals surface area contributed by atoms with Gasteiger partial charge < -0.3 is 5.73 Å². The van der Waals surface area contributed by atoms with Gasteiger partial charge in [0.1, 0.15) is 0 Å². The topological polar surface area (TPSA) is 29.3 Å². The molecule has 4 heteroatoms. The lowest BCUT2D eigenvalue weighted by molar-refractivity contribution is 0.167. The second kappa shape index (κ2) is 6.32. The van der Waals surface area contributed by atoms with E-state index in [1.165, 1.54) is 37.9 Å². The summed E-state index contributed by atoms with van der Waals surface area (Å²) in [6, 6.07) is 6.79. The van der Waals surface area contributed by atoms with Crippen LogP contribution in [0, 0.1) is 0 Å². The molecule has 0 spiro atoms. The minimum Gasteiger partial charge on any atom is -0.329 e. The van der Waals surface area contributed by atoms with E-state index in [1.54, 1.807) is 0 Å². The van der Waals surface area contributed by atoms with Gasteiger partial charge >= 0.3 is 0 Å². The smallest absolute Gasteiger partial charge is 0.0470 e. The third-order valence-corrected chi connectivity index (χ3v) is 5.26. The summed E-state index contributed by atoms with van der Waals surface area (Å²) in [4.78, 5) is 2.51. The average molecular weight is 362 g/mol. The third-order valence-electron chi connectivity index (χ3n) is 3.38. The molecular formula is C13H18Br2N2. The molecule has 0 aliphatic carbocycles. The van der Waals surface area contributed by atoms with Gasteiger partial charge in [0.05, 0.1) is 0 Å². The number of nitrogens with two attached hydrogens (primary N) is 1. The highest BCUT2D eigenvalue weighted by atomic mass is 79.9. The zero-order chi connectivity index (χ0) is 12.3. The Balaban J connectivity index is 2.18. The monoisotopic (exact) mass is 360 g/mol. The number of hydrogen-bond donors (Lipinski definition) is 1. The Morgan fingerprint density at radius 1 is 1.12 bits per heavy atom. The normalized spacial score (nSPS) is 19.2. The molecule has 1 aromatic rings. The van der Waals surface area contributed by atoms with Gasteiger partial charge in [0.25, 0.3) is 0 Å². The Morgan fingerprint density at radius 3 is 2.41 bits per heavy atom. The number of rotatable bonds is 3. The van der Waals surface area contributed by atoms with E-state index >= 15 is 0 Å². The molecule has 2 N–H and O–H groups in total. The second-order valence-electron chi connectivity index (χ2n) is 4.52. The fourth-order valence-corrected chi connectivity index (χ4v) is 3.09. The van der Waals surface area contributed by atoms with E-state index in [9.17, 15) is 0 Å². The van der Waals surface area contributed by atoms with Gasteiger partial charge in [-0.25, -0.2) is 0 Å². The summed E-state index contributed by atoms with van der Waals surface area (Å²) in [6.07, 6.45) is 3.96. The molecule has 2 rings (SSSR count). The molecule has 0 amide bonds. The van der Waals surface area contributed by atoms with E-state index in [4.69, 9.17) is 5.73 Å². The maximum absolute atomic E-state index is 5.96. The molecule has 0 bridgehead atoms. The number of halogens is 2. The summed E-state index contributed by atoms with van der Waals surface area (Å²) in [5, 5.41) is 0. The minimum atomic E-state index is 0.361. The van der Waals surface area contributed by atoms with E-state index in [0.29, 0.717) is 12.6 Å². The van der Waals surface area contributed by atoms with Crippen LogP contribution < -0.4 is 5.73 Å². The predicted octanol–water partition coefficient (Wildman–Crippen LogP) is 3.70. The Bertz CT molecular complexity index is 376. The van der Waals surface area contributed by atoms with Crippen molar-refractivity contribution in [2.24, 2.45) is 5.73 Å². The lowest BCUT2D eigenvalue weighted by Crippen LogP contribution is -2.37. The molecule has 1 fully saturated rings. The molecule has 1 unspecified atom stereocenters. The lowest BCUT2D eigenvalue weighted by atomic mass is 10.0.